The van der Waals surface area contributed by atoms with E-state index in [9.17, 15) is 9.90 Å². The Labute approximate surface area is 132 Å². The summed E-state index contributed by atoms with van der Waals surface area (Å²) in [5, 5.41) is 13.2. The van der Waals surface area contributed by atoms with Crippen LogP contribution in [0.25, 0.3) is 17.0 Å². The summed E-state index contributed by atoms with van der Waals surface area (Å²) in [7, 11) is 0. The summed E-state index contributed by atoms with van der Waals surface area (Å²) in [6.07, 6.45) is 8.23. The summed E-state index contributed by atoms with van der Waals surface area (Å²) in [5.41, 5.74) is 2.06. The largest absolute Gasteiger partial charge is 0.477 e. The molecule has 0 spiro atoms. The second kappa shape index (κ2) is 5.51. The third kappa shape index (κ3) is 2.39. The van der Waals surface area contributed by atoms with Gasteiger partial charge in [-0.2, -0.15) is 5.10 Å². The van der Waals surface area contributed by atoms with Gasteiger partial charge >= 0.3 is 5.97 Å². The van der Waals surface area contributed by atoms with Gasteiger partial charge in [-0.3, -0.25) is 0 Å². The van der Waals surface area contributed by atoms with Crippen molar-refractivity contribution in [3.63, 3.8) is 0 Å². The van der Waals surface area contributed by atoms with Crippen LogP contribution in [0.2, 0.25) is 0 Å². The van der Waals surface area contributed by atoms with Crippen molar-refractivity contribution in [3.05, 3.63) is 42.4 Å². The molecule has 0 bridgehead atoms. The summed E-state index contributed by atoms with van der Waals surface area (Å²) in [4.78, 5) is 15.8. The molecule has 7 heteroatoms. The highest BCUT2D eigenvalue weighted by molar-refractivity contribution is 5.94. The zero-order valence-corrected chi connectivity index (χ0v) is 12.4. The number of carbonyl (C=O) groups is 1. The molecule has 118 valence electrons. The zero-order chi connectivity index (χ0) is 15.8. The van der Waals surface area contributed by atoms with Gasteiger partial charge in [-0.1, -0.05) is 0 Å². The molecule has 1 aliphatic rings. The van der Waals surface area contributed by atoms with E-state index >= 15 is 0 Å². The van der Waals surface area contributed by atoms with Gasteiger partial charge in [-0.25, -0.2) is 14.3 Å². The van der Waals surface area contributed by atoms with Gasteiger partial charge in [0.05, 0.1) is 17.6 Å². The fraction of sp³-hybridized carbons (Fsp3) is 0.312. The second-order valence-corrected chi connectivity index (χ2v) is 5.57. The lowest BCUT2D eigenvalue weighted by Crippen LogP contribution is -2.18. The number of carboxylic acid groups (broad SMARTS) is 1. The van der Waals surface area contributed by atoms with E-state index in [4.69, 9.17) is 4.74 Å². The van der Waals surface area contributed by atoms with E-state index in [2.05, 4.69) is 14.6 Å². The highest BCUT2D eigenvalue weighted by atomic mass is 16.5. The van der Waals surface area contributed by atoms with Gasteiger partial charge in [-0.15, -0.1) is 0 Å². The highest BCUT2D eigenvalue weighted by Gasteiger charge is 2.20. The van der Waals surface area contributed by atoms with E-state index in [1.54, 1.807) is 6.20 Å². The van der Waals surface area contributed by atoms with Gasteiger partial charge < -0.3 is 14.4 Å². The van der Waals surface area contributed by atoms with Crippen LogP contribution in [-0.4, -0.2) is 36.8 Å². The first kappa shape index (κ1) is 14.0. The molecule has 3 aromatic heterocycles. The lowest BCUT2D eigenvalue weighted by Gasteiger charge is -2.25. The Morgan fingerprint density at radius 1 is 1.30 bits per heavy atom. The topological polar surface area (TPSA) is 81.6 Å². The van der Waals surface area contributed by atoms with Crippen molar-refractivity contribution in [1.82, 2.24) is 19.2 Å². The van der Waals surface area contributed by atoms with Crippen molar-refractivity contribution < 1.29 is 14.6 Å². The van der Waals surface area contributed by atoms with E-state index in [0.29, 0.717) is 11.3 Å². The highest BCUT2D eigenvalue weighted by Crippen LogP contribution is 2.29. The van der Waals surface area contributed by atoms with Crippen molar-refractivity contribution in [2.24, 2.45) is 0 Å². The fourth-order valence-electron chi connectivity index (χ4n) is 2.97. The van der Waals surface area contributed by atoms with Crippen LogP contribution in [0.3, 0.4) is 0 Å². The Morgan fingerprint density at radius 3 is 3.00 bits per heavy atom. The summed E-state index contributed by atoms with van der Waals surface area (Å²) in [6.45, 7) is 0.764. The van der Waals surface area contributed by atoms with Crippen LogP contribution in [0.5, 0.6) is 0 Å². The number of hydrogen-bond donors (Lipinski definition) is 1. The van der Waals surface area contributed by atoms with Gasteiger partial charge in [0.25, 0.3) is 0 Å². The van der Waals surface area contributed by atoms with Crippen molar-refractivity contribution in [2.45, 2.75) is 25.5 Å². The van der Waals surface area contributed by atoms with Crippen molar-refractivity contribution in [3.8, 4) is 11.4 Å². The molecule has 7 nitrogen and oxygen atoms in total. The van der Waals surface area contributed by atoms with Crippen molar-refractivity contribution in [2.75, 3.05) is 6.61 Å². The second-order valence-electron chi connectivity index (χ2n) is 5.57. The molecule has 1 saturated heterocycles. The maximum absolute atomic E-state index is 11.3. The monoisotopic (exact) mass is 312 g/mol. The van der Waals surface area contributed by atoms with Crippen LogP contribution in [-0.2, 0) is 4.74 Å². The minimum absolute atomic E-state index is 0.00984. The number of hydrogen-bond acceptors (Lipinski definition) is 4. The third-order valence-corrected chi connectivity index (χ3v) is 4.11. The van der Waals surface area contributed by atoms with Crippen LogP contribution in [0.1, 0.15) is 35.8 Å². The van der Waals surface area contributed by atoms with E-state index in [1.165, 1.54) is 10.7 Å². The Balaban J connectivity index is 1.79. The van der Waals surface area contributed by atoms with Gasteiger partial charge in [0.1, 0.15) is 11.8 Å². The molecule has 0 amide bonds. The van der Waals surface area contributed by atoms with E-state index in [0.717, 1.165) is 31.6 Å². The lowest BCUT2D eigenvalue weighted by molar-refractivity contribution is -0.0307. The molecular weight excluding hydrogens is 296 g/mol. The maximum Gasteiger partial charge on any atom is 0.341 e. The number of carboxylic acids is 1. The minimum Gasteiger partial charge on any atom is -0.477 e. The molecule has 0 saturated carbocycles. The molecule has 1 N–H and O–H groups in total. The van der Waals surface area contributed by atoms with E-state index in [-0.39, 0.29) is 11.8 Å². The lowest BCUT2D eigenvalue weighted by atomic mass is 10.2. The Morgan fingerprint density at radius 2 is 2.22 bits per heavy atom. The first-order chi connectivity index (χ1) is 11.2. The smallest absolute Gasteiger partial charge is 0.341 e. The van der Waals surface area contributed by atoms with Gasteiger partial charge in [0.15, 0.2) is 5.65 Å². The molecule has 4 heterocycles. The van der Waals surface area contributed by atoms with Crippen LogP contribution in [0.4, 0.5) is 0 Å². The van der Waals surface area contributed by atoms with Crippen molar-refractivity contribution in [1.29, 1.82) is 0 Å². The SMILES string of the molecule is O=C(O)c1cnn2ccc(-c3cccn3C3CCCCO3)nc12. The summed E-state index contributed by atoms with van der Waals surface area (Å²) >= 11 is 0. The predicted molar refractivity (Wildman–Crippen MR) is 82.2 cm³/mol. The average Bonchev–Trinajstić information content (AvgIpc) is 3.22. The molecule has 3 aromatic rings. The molecule has 0 aromatic carbocycles. The van der Waals surface area contributed by atoms with Gasteiger partial charge in [-0.05, 0) is 37.5 Å². The molecule has 1 atom stereocenters. The van der Waals surface area contributed by atoms with Crippen LogP contribution < -0.4 is 0 Å². The average molecular weight is 312 g/mol. The number of fused-ring (bicyclic) bond motifs is 1. The van der Waals surface area contributed by atoms with Gasteiger partial charge in [0, 0.05) is 19.0 Å². The minimum atomic E-state index is -1.03. The number of rotatable bonds is 3. The molecule has 0 radical (unpaired) electrons. The van der Waals surface area contributed by atoms with E-state index in [1.807, 2.05) is 24.4 Å². The van der Waals surface area contributed by atoms with E-state index < -0.39 is 5.97 Å². The summed E-state index contributed by atoms with van der Waals surface area (Å²) < 4.78 is 9.38. The standard InChI is InChI=1S/C16H16N4O3/c21-16(22)11-10-17-20-8-6-12(18-15(11)20)13-4-3-7-19(13)14-5-1-2-9-23-14/h3-4,6-8,10,14H,1-2,5,9H2,(H,21,22). The molecular formula is C16H16N4O3. The number of aromatic carboxylic acids is 1. The predicted octanol–water partition coefficient (Wildman–Crippen LogP) is 2.60. The Bertz CT molecular complexity index is 861. The Kier molecular flexibility index (Phi) is 3.34. The van der Waals surface area contributed by atoms with Gasteiger partial charge in [0.2, 0.25) is 0 Å². The first-order valence-electron chi connectivity index (χ1n) is 7.60. The molecule has 1 fully saturated rings. The first-order valence-corrected chi connectivity index (χ1v) is 7.60. The quantitative estimate of drug-likeness (QED) is 0.804. The zero-order valence-electron chi connectivity index (χ0n) is 12.4. The normalized spacial score (nSPS) is 18.3. The maximum atomic E-state index is 11.3. The molecule has 0 aliphatic carbocycles. The number of ether oxygens (including phenoxy) is 1. The molecule has 1 unspecified atom stereocenters. The van der Waals surface area contributed by atoms with Crippen LogP contribution in [0, 0.1) is 0 Å². The molecule has 4 rings (SSSR count). The number of aromatic nitrogens is 4. The summed E-state index contributed by atoms with van der Waals surface area (Å²) in [5.74, 6) is -1.03. The summed E-state index contributed by atoms with van der Waals surface area (Å²) in [6, 6.07) is 5.75. The van der Waals surface area contributed by atoms with Crippen molar-refractivity contribution >= 4 is 11.6 Å². The van der Waals surface area contributed by atoms with Crippen LogP contribution in [0.15, 0.2) is 36.8 Å². The fourth-order valence-corrected chi connectivity index (χ4v) is 2.97. The molecule has 1 aliphatic heterocycles. The Hall–Kier alpha value is -2.67. The van der Waals surface area contributed by atoms with Crippen LogP contribution >= 0.6 is 0 Å². The number of nitrogens with zero attached hydrogens (tertiary/aromatic N) is 4. The third-order valence-electron chi connectivity index (χ3n) is 4.11. The molecule has 23 heavy (non-hydrogen) atoms.